The fourth-order valence-corrected chi connectivity index (χ4v) is 5.81. The number of carbonyl (C=O) groups excluding carboxylic acids is 4. The molecule has 0 spiro atoms. The van der Waals surface area contributed by atoms with Crippen LogP contribution in [0.5, 0.6) is 0 Å². The maximum absolute atomic E-state index is 12.4. The number of hydrogen-bond donors (Lipinski definition) is 2. The molecule has 2 heterocycles. The highest BCUT2D eigenvalue weighted by Crippen LogP contribution is 2.34. The molecule has 8 nitrogen and oxygen atoms in total. The molecule has 0 radical (unpaired) electrons. The SMILES string of the molecule is CCOC(=O)c1c(NC(=O)COC(=O)c2cc3c(s2)CCC(C)C3)sc(C(=O)NC)c1C. The Bertz CT molecular complexity index is 1060. The van der Waals surface area contributed by atoms with E-state index in [1.165, 1.54) is 28.8 Å². The maximum atomic E-state index is 12.4. The van der Waals surface area contributed by atoms with Gasteiger partial charge >= 0.3 is 11.9 Å². The van der Waals surface area contributed by atoms with Gasteiger partial charge in [-0.2, -0.15) is 0 Å². The molecule has 1 aliphatic rings. The third-order valence-corrected chi connectivity index (χ3v) is 7.60. The van der Waals surface area contributed by atoms with Crippen molar-refractivity contribution in [2.24, 2.45) is 5.92 Å². The van der Waals surface area contributed by atoms with Crippen molar-refractivity contribution >= 4 is 51.4 Å². The average Bonchev–Trinajstić information content (AvgIpc) is 3.32. The van der Waals surface area contributed by atoms with Gasteiger partial charge in [0, 0.05) is 11.9 Å². The van der Waals surface area contributed by atoms with Crippen LogP contribution >= 0.6 is 22.7 Å². The Balaban J connectivity index is 1.68. The van der Waals surface area contributed by atoms with E-state index in [-0.39, 0.29) is 23.1 Å². The van der Waals surface area contributed by atoms with Gasteiger partial charge in [-0.3, -0.25) is 9.59 Å². The van der Waals surface area contributed by atoms with E-state index in [1.54, 1.807) is 13.8 Å². The lowest BCUT2D eigenvalue weighted by molar-refractivity contribution is -0.119. The average molecular weight is 479 g/mol. The highest BCUT2D eigenvalue weighted by Gasteiger charge is 2.27. The van der Waals surface area contributed by atoms with Crippen LogP contribution in [0.3, 0.4) is 0 Å². The summed E-state index contributed by atoms with van der Waals surface area (Å²) in [5.41, 5.74) is 1.72. The minimum atomic E-state index is -0.637. The first kappa shape index (κ1) is 23.9. The third kappa shape index (κ3) is 5.18. The van der Waals surface area contributed by atoms with Gasteiger partial charge in [0.25, 0.3) is 11.8 Å². The molecule has 172 valence electrons. The fourth-order valence-electron chi connectivity index (χ4n) is 3.55. The van der Waals surface area contributed by atoms with Crippen molar-refractivity contribution in [3.63, 3.8) is 0 Å². The second-order valence-corrected chi connectivity index (χ2v) is 9.75. The van der Waals surface area contributed by atoms with Gasteiger partial charge in [0.2, 0.25) is 0 Å². The van der Waals surface area contributed by atoms with Crippen LogP contribution in [-0.2, 0) is 27.1 Å². The number of amides is 2. The largest absolute Gasteiger partial charge is 0.462 e. The Morgan fingerprint density at radius 2 is 1.91 bits per heavy atom. The number of thiophene rings is 2. The first-order chi connectivity index (χ1) is 15.2. The van der Waals surface area contributed by atoms with Crippen LogP contribution < -0.4 is 10.6 Å². The zero-order chi connectivity index (χ0) is 23.4. The van der Waals surface area contributed by atoms with Gasteiger partial charge in [-0.15, -0.1) is 22.7 Å². The molecule has 2 aromatic rings. The molecular weight excluding hydrogens is 452 g/mol. The van der Waals surface area contributed by atoms with Crippen molar-refractivity contribution in [1.29, 1.82) is 0 Å². The second kappa shape index (κ2) is 10.3. The zero-order valence-corrected chi connectivity index (χ0v) is 20.1. The standard InChI is InChI=1S/C22H26N2O6S2/c1-5-29-22(28)17-12(3)18(19(26)23-4)32-20(17)24-16(25)10-30-21(27)15-9-13-8-11(2)6-7-14(13)31-15/h9,11H,5-8,10H2,1-4H3,(H,23,26)(H,24,25). The van der Waals surface area contributed by atoms with Gasteiger partial charge in [-0.25, -0.2) is 9.59 Å². The maximum Gasteiger partial charge on any atom is 0.348 e. The van der Waals surface area contributed by atoms with Crippen molar-refractivity contribution < 1.29 is 28.7 Å². The molecule has 32 heavy (non-hydrogen) atoms. The molecule has 1 unspecified atom stereocenters. The number of aryl methyl sites for hydroxylation is 1. The van der Waals surface area contributed by atoms with Gasteiger partial charge in [0.1, 0.15) is 9.88 Å². The third-order valence-electron chi connectivity index (χ3n) is 5.18. The number of carbonyl (C=O) groups is 4. The van der Waals surface area contributed by atoms with Crippen molar-refractivity contribution in [3.05, 3.63) is 37.4 Å². The molecule has 1 atom stereocenters. The van der Waals surface area contributed by atoms with Crippen LogP contribution in [0.4, 0.5) is 5.00 Å². The quantitative estimate of drug-likeness (QED) is 0.589. The molecule has 2 amide bonds. The lowest BCUT2D eigenvalue weighted by Gasteiger charge is -2.16. The molecule has 0 saturated carbocycles. The summed E-state index contributed by atoms with van der Waals surface area (Å²) in [5, 5.41) is 5.26. The molecule has 1 aliphatic carbocycles. The normalized spacial score (nSPS) is 14.9. The topological polar surface area (TPSA) is 111 Å². The predicted molar refractivity (Wildman–Crippen MR) is 123 cm³/mol. The lowest BCUT2D eigenvalue weighted by Crippen LogP contribution is -2.21. The van der Waals surface area contributed by atoms with Gasteiger partial charge in [-0.05, 0) is 56.2 Å². The number of nitrogens with one attached hydrogen (secondary N) is 2. The van der Waals surface area contributed by atoms with E-state index in [4.69, 9.17) is 9.47 Å². The van der Waals surface area contributed by atoms with Crippen molar-refractivity contribution in [2.45, 2.75) is 40.0 Å². The van der Waals surface area contributed by atoms with Crippen LogP contribution in [0.1, 0.15) is 66.0 Å². The lowest BCUT2D eigenvalue weighted by atomic mass is 9.90. The number of esters is 2. The Morgan fingerprint density at radius 3 is 2.59 bits per heavy atom. The Hall–Kier alpha value is -2.72. The summed E-state index contributed by atoms with van der Waals surface area (Å²) < 4.78 is 10.3. The summed E-state index contributed by atoms with van der Waals surface area (Å²) >= 11 is 2.38. The molecule has 0 aromatic carbocycles. The molecule has 0 bridgehead atoms. The Morgan fingerprint density at radius 1 is 1.16 bits per heavy atom. The smallest absolute Gasteiger partial charge is 0.348 e. The number of hydrogen-bond acceptors (Lipinski definition) is 8. The highest BCUT2D eigenvalue weighted by atomic mass is 32.1. The summed E-state index contributed by atoms with van der Waals surface area (Å²) in [6.07, 6.45) is 3.00. The first-order valence-electron chi connectivity index (χ1n) is 10.4. The monoisotopic (exact) mass is 478 g/mol. The number of rotatable bonds is 7. The van der Waals surface area contributed by atoms with E-state index in [9.17, 15) is 19.2 Å². The van der Waals surface area contributed by atoms with Gasteiger partial charge < -0.3 is 20.1 Å². The number of anilines is 1. The van der Waals surface area contributed by atoms with E-state index in [0.717, 1.165) is 30.6 Å². The van der Waals surface area contributed by atoms with Gasteiger partial charge in [0.15, 0.2) is 6.61 Å². The van der Waals surface area contributed by atoms with Crippen molar-refractivity contribution in [2.75, 3.05) is 25.6 Å². The van der Waals surface area contributed by atoms with Crippen LogP contribution in [-0.4, -0.2) is 44.0 Å². The Kier molecular flexibility index (Phi) is 7.68. The summed E-state index contributed by atoms with van der Waals surface area (Å²) in [5.74, 6) is -1.58. The molecule has 2 aromatic heterocycles. The molecule has 3 rings (SSSR count). The van der Waals surface area contributed by atoms with Crippen molar-refractivity contribution in [3.8, 4) is 0 Å². The van der Waals surface area contributed by atoms with E-state index in [2.05, 4.69) is 17.6 Å². The van der Waals surface area contributed by atoms with Crippen LogP contribution in [0.25, 0.3) is 0 Å². The minimum absolute atomic E-state index is 0.121. The summed E-state index contributed by atoms with van der Waals surface area (Å²) in [4.78, 5) is 51.3. The van der Waals surface area contributed by atoms with E-state index in [0.29, 0.717) is 21.2 Å². The van der Waals surface area contributed by atoms with Gasteiger partial charge in [-0.1, -0.05) is 6.92 Å². The zero-order valence-electron chi connectivity index (χ0n) is 18.5. The summed E-state index contributed by atoms with van der Waals surface area (Å²) in [6, 6.07) is 1.85. The summed E-state index contributed by atoms with van der Waals surface area (Å²) in [6.45, 7) is 5.11. The van der Waals surface area contributed by atoms with Crippen LogP contribution in [0.2, 0.25) is 0 Å². The highest BCUT2D eigenvalue weighted by molar-refractivity contribution is 7.18. The predicted octanol–water partition coefficient (Wildman–Crippen LogP) is 3.57. The Labute approximate surface area is 194 Å². The van der Waals surface area contributed by atoms with Crippen LogP contribution in [0.15, 0.2) is 6.07 Å². The second-order valence-electron chi connectivity index (χ2n) is 7.59. The minimum Gasteiger partial charge on any atom is -0.462 e. The number of ether oxygens (including phenoxy) is 2. The fraction of sp³-hybridized carbons (Fsp3) is 0.455. The number of fused-ring (bicyclic) bond motifs is 1. The molecule has 0 fully saturated rings. The first-order valence-corrected chi connectivity index (χ1v) is 12.0. The van der Waals surface area contributed by atoms with Gasteiger partial charge in [0.05, 0.1) is 17.0 Å². The van der Waals surface area contributed by atoms with E-state index in [1.807, 2.05) is 6.07 Å². The molecule has 0 aliphatic heterocycles. The van der Waals surface area contributed by atoms with E-state index >= 15 is 0 Å². The van der Waals surface area contributed by atoms with Crippen LogP contribution in [0, 0.1) is 12.8 Å². The summed E-state index contributed by atoms with van der Waals surface area (Å²) in [7, 11) is 1.48. The van der Waals surface area contributed by atoms with E-state index < -0.39 is 24.5 Å². The molecular formula is C22H26N2O6S2. The van der Waals surface area contributed by atoms with Crippen molar-refractivity contribution in [1.82, 2.24) is 5.32 Å². The molecule has 2 N–H and O–H groups in total. The molecule has 0 saturated heterocycles. The molecule has 10 heteroatoms.